The molecule has 1 saturated heterocycles. The zero-order valence-electron chi connectivity index (χ0n) is 20.3. The molecule has 1 amide bonds. The minimum atomic E-state index is -4.67. The highest BCUT2D eigenvalue weighted by atomic mass is 19.4. The SMILES string of the molecule is C[C@@H](C1CC1)N1Cc2cc(-c3ccn4nc(N)c(C(=O)NC5(C)COC5)c4n3)cc(C(F)(F)F)c2C1O. The third-order valence-electron chi connectivity index (χ3n) is 7.62. The van der Waals surface area contributed by atoms with Crippen LogP contribution in [0.2, 0.25) is 0 Å². The molecule has 2 atom stereocenters. The van der Waals surface area contributed by atoms with E-state index in [9.17, 15) is 23.1 Å². The van der Waals surface area contributed by atoms with Gasteiger partial charge in [0.1, 0.15) is 11.8 Å². The number of benzene rings is 1. The number of fused-ring (bicyclic) bond motifs is 2. The molecule has 12 heteroatoms. The van der Waals surface area contributed by atoms with Crippen LogP contribution in [0.1, 0.15) is 60.0 Å². The Morgan fingerprint density at radius 2 is 2.05 bits per heavy atom. The number of nitrogens with two attached hydrogens (primary N) is 1. The Kier molecular flexibility index (Phi) is 5.31. The van der Waals surface area contributed by atoms with Gasteiger partial charge >= 0.3 is 6.18 Å². The van der Waals surface area contributed by atoms with Gasteiger partial charge in [0.05, 0.1) is 30.0 Å². The highest BCUT2D eigenvalue weighted by molar-refractivity contribution is 6.04. The molecule has 1 unspecified atom stereocenters. The molecule has 0 bridgehead atoms. The van der Waals surface area contributed by atoms with Gasteiger partial charge in [0.15, 0.2) is 11.5 Å². The van der Waals surface area contributed by atoms with Crippen molar-refractivity contribution in [3.63, 3.8) is 0 Å². The monoisotopic (exact) mass is 516 g/mol. The van der Waals surface area contributed by atoms with Crippen LogP contribution >= 0.6 is 0 Å². The van der Waals surface area contributed by atoms with Gasteiger partial charge in [0.2, 0.25) is 0 Å². The number of anilines is 1. The zero-order chi connectivity index (χ0) is 26.3. The van der Waals surface area contributed by atoms with Gasteiger partial charge in [0.25, 0.3) is 5.91 Å². The predicted octanol–water partition coefficient (Wildman–Crippen LogP) is 3.12. The van der Waals surface area contributed by atoms with Gasteiger partial charge in [-0.25, -0.2) is 9.50 Å². The second-order valence-electron chi connectivity index (χ2n) is 10.6. The summed E-state index contributed by atoms with van der Waals surface area (Å²) < 4.78 is 49.1. The molecule has 2 aliphatic heterocycles. The van der Waals surface area contributed by atoms with Crippen molar-refractivity contribution in [3.8, 4) is 11.3 Å². The van der Waals surface area contributed by atoms with Crippen LogP contribution in [0, 0.1) is 5.92 Å². The first kappa shape index (κ1) is 24.1. The minimum absolute atomic E-state index is 0.0276. The van der Waals surface area contributed by atoms with Crippen molar-refractivity contribution in [1.29, 1.82) is 0 Å². The highest BCUT2D eigenvalue weighted by Crippen LogP contribution is 2.47. The number of aliphatic hydroxyl groups is 1. The second-order valence-corrected chi connectivity index (χ2v) is 10.6. The number of amides is 1. The average molecular weight is 517 g/mol. The number of rotatable bonds is 5. The van der Waals surface area contributed by atoms with Gasteiger partial charge in [-0.2, -0.15) is 13.2 Å². The number of nitrogen functional groups attached to an aromatic ring is 1. The largest absolute Gasteiger partial charge is 0.416 e. The van der Waals surface area contributed by atoms with Crippen molar-refractivity contribution in [3.05, 3.63) is 46.6 Å². The van der Waals surface area contributed by atoms with Crippen LogP contribution < -0.4 is 11.1 Å². The molecule has 2 aromatic heterocycles. The van der Waals surface area contributed by atoms with Crippen LogP contribution in [-0.4, -0.2) is 55.3 Å². The molecule has 2 fully saturated rings. The van der Waals surface area contributed by atoms with Crippen LogP contribution in [0.25, 0.3) is 16.9 Å². The maximum atomic E-state index is 14.2. The number of nitrogens with one attached hydrogen (secondary N) is 1. The number of hydrogen-bond donors (Lipinski definition) is 3. The minimum Gasteiger partial charge on any atom is -0.381 e. The van der Waals surface area contributed by atoms with Crippen LogP contribution in [0.15, 0.2) is 24.4 Å². The zero-order valence-corrected chi connectivity index (χ0v) is 20.3. The first-order valence-corrected chi connectivity index (χ1v) is 12.2. The Morgan fingerprint density at radius 1 is 1.32 bits per heavy atom. The van der Waals surface area contributed by atoms with E-state index in [0.717, 1.165) is 18.9 Å². The number of carbonyl (C=O) groups excluding carboxylic acids is 1. The fourth-order valence-electron chi connectivity index (χ4n) is 5.34. The highest BCUT2D eigenvalue weighted by Gasteiger charge is 2.45. The summed E-state index contributed by atoms with van der Waals surface area (Å²) in [5, 5.41) is 17.9. The maximum absolute atomic E-state index is 14.2. The molecule has 37 heavy (non-hydrogen) atoms. The Hall–Kier alpha value is -3.22. The van der Waals surface area contributed by atoms with Gasteiger partial charge in [-0.1, -0.05) is 0 Å². The van der Waals surface area contributed by atoms with Crippen molar-refractivity contribution in [2.75, 3.05) is 18.9 Å². The lowest BCUT2D eigenvalue weighted by molar-refractivity contribution is -0.140. The predicted molar refractivity (Wildman–Crippen MR) is 127 cm³/mol. The van der Waals surface area contributed by atoms with Crippen LogP contribution in [-0.2, 0) is 17.5 Å². The topological polar surface area (TPSA) is 118 Å². The maximum Gasteiger partial charge on any atom is 0.416 e. The summed E-state index contributed by atoms with van der Waals surface area (Å²) in [4.78, 5) is 19.2. The van der Waals surface area contributed by atoms with E-state index in [-0.39, 0.29) is 46.4 Å². The number of halogens is 3. The number of alkyl halides is 3. The Morgan fingerprint density at radius 3 is 2.68 bits per heavy atom. The van der Waals surface area contributed by atoms with Crippen LogP contribution in [0.4, 0.5) is 19.0 Å². The van der Waals surface area contributed by atoms with Gasteiger partial charge in [0, 0.05) is 29.9 Å². The number of aromatic nitrogens is 3. The molecule has 4 heterocycles. The van der Waals surface area contributed by atoms with Crippen molar-refractivity contribution in [2.24, 2.45) is 5.92 Å². The lowest BCUT2D eigenvalue weighted by Gasteiger charge is -2.38. The van der Waals surface area contributed by atoms with Crippen LogP contribution in [0.3, 0.4) is 0 Å². The third-order valence-corrected chi connectivity index (χ3v) is 7.62. The fourth-order valence-corrected chi connectivity index (χ4v) is 5.34. The molecule has 1 aromatic carbocycles. The van der Waals surface area contributed by atoms with Gasteiger partial charge in [-0.3, -0.25) is 9.69 Å². The summed E-state index contributed by atoms with van der Waals surface area (Å²) >= 11 is 0. The lowest BCUT2D eigenvalue weighted by Crippen LogP contribution is -2.59. The second kappa shape index (κ2) is 8.14. The molecule has 9 nitrogen and oxygen atoms in total. The molecule has 0 spiro atoms. The van der Waals surface area contributed by atoms with Gasteiger partial charge < -0.3 is 20.9 Å². The molecule has 4 N–H and O–H groups in total. The molecule has 3 aromatic rings. The van der Waals surface area contributed by atoms with Crippen molar-refractivity contribution in [2.45, 2.75) is 57.2 Å². The molecule has 1 saturated carbocycles. The van der Waals surface area contributed by atoms with E-state index in [1.807, 2.05) is 13.8 Å². The van der Waals surface area contributed by atoms with Gasteiger partial charge in [-0.15, -0.1) is 5.10 Å². The lowest BCUT2D eigenvalue weighted by atomic mass is 9.97. The first-order valence-electron chi connectivity index (χ1n) is 12.2. The summed E-state index contributed by atoms with van der Waals surface area (Å²) in [6.45, 7) is 4.70. The molecule has 3 aliphatic rings. The quantitative estimate of drug-likeness (QED) is 0.477. The fraction of sp³-hybridized carbons (Fsp3) is 0.480. The van der Waals surface area contributed by atoms with Crippen molar-refractivity contribution < 1.29 is 27.8 Å². The van der Waals surface area contributed by atoms with E-state index in [2.05, 4.69) is 15.4 Å². The summed E-state index contributed by atoms with van der Waals surface area (Å²) in [6.07, 6.45) is -2.46. The number of ether oxygens (including phenoxy) is 1. The number of nitrogens with zero attached hydrogens (tertiary/aromatic N) is 4. The summed E-state index contributed by atoms with van der Waals surface area (Å²) in [6, 6.07) is 4.15. The number of aliphatic hydroxyl groups excluding tert-OH is 1. The number of hydrogen-bond acceptors (Lipinski definition) is 7. The molecular formula is C25H27F3N6O3. The molecular weight excluding hydrogens is 489 g/mol. The normalized spacial score (nSPS) is 22.1. The van der Waals surface area contributed by atoms with Crippen LogP contribution in [0.5, 0.6) is 0 Å². The van der Waals surface area contributed by atoms with E-state index in [1.54, 1.807) is 11.0 Å². The smallest absolute Gasteiger partial charge is 0.381 e. The third kappa shape index (κ3) is 4.03. The number of carbonyl (C=O) groups is 1. The Bertz CT molecular complexity index is 1410. The van der Waals surface area contributed by atoms with Crippen molar-refractivity contribution in [1.82, 2.24) is 24.8 Å². The van der Waals surface area contributed by atoms with E-state index in [4.69, 9.17) is 10.5 Å². The molecule has 6 rings (SSSR count). The summed E-state index contributed by atoms with van der Waals surface area (Å²) in [5.41, 5.74) is 5.55. The van der Waals surface area contributed by atoms with E-state index < -0.39 is 29.4 Å². The van der Waals surface area contributed by atoms with Crippen molar-refractivity contribution >= 4 is 17.4 Å². The van der Waals surface area contributed by atoms with E-state index in [1.165, 1.54) is 16.8 Å². The van der Waals surface area contributed by atoms with E-state index >= 15 is 0 Å². The summed E-state index contributed by atoms with van der Waals surface area (Å²) in [7, 11) is 0. The average Bonchev–Trinajstić information content (AvgIpc) is 3.54. The molecule has 0 radical (unpaired) electrons. The van der Waals surface area contributed by atoms with E-state index in [0.29, 0.717) is 24.7 Å². The first-order chi connectivity index (χ1) is 17.4. The molecule has 1 aliphatic carbocycles. The Balaban J connectivity index is 1.42. The molecule has 196 valence electrons. The standard InChI is InChI=1S/C25H27F3N6O3/c1-12(13-3-4-13)33-9-15-7-14(8-16(25(26,27)28)18(15)23(33)36)17-5-6-34-21(30-17)19(20(29)32-34)22(35)31-24(2)10-37-11-24/h5-8,12-13,23,36H,3-4,9-11H2,1-2H3,(H2,29,32)(H,31,35)/t12-,23?/m0/s1. The van der Waals surface area contributed by atoms with Gasteiger partial charge in [-0.05, 0) is 56.4 Å². The Labute approximate surface area is 210 Å². The summed E-state index contributed by atoms with van der Waals surface area (Å²) in [5.74, 6) is -0.142.